The van der Waals surface area contributed by atoms with Crippen LogP contribution in [-0.4, -0.2) is 31.7 Å². The van der Waals surface area contributed by atoms with Crippen molar-refractivity contribution in [2.24, 2.45) is 11.5 Å². The van der Waals surface area contributed by atoms with Crippen molar-refractivity contribution in [1.82, 2.24) is 0 Å². The lowest BCUT2D eigenvalue weighted by Crippen LogP contribution is -2.53. The van der Waals surface area contributed by atoms with Gasteiger partial charge in [-0.05, 0) is 17.7 Å². The maximum absolute atomic E-state index is 14.0. The summed E-state index contributed by atoms with van der Waals surface area (Å²) in [6.45, 7) is 0.536. The number of carbonyl (C=O) groups is 1. The van der Waals surface area contributed by atoms with E-state index < -0.39 is 23.6 Å². The van der Waals surface area contributed by atoms with Gasteiger partial charge in [-0.1, -0.05) is 0 Å². The highest BCUT2D eigenvalue weighted by Crippen LogP contribution is 2.28. The van der Waals surface area contributed by atoms with E-state index in [2.05, 4.69) is 0 Å². The average Bonchev–Trinajstić information content (AvgIpc) is 2.38. The zero-order valence-electron chi connectivity index (χ0n) is 10.2. The summed E-state index contributed by atoms with van der Waals surface area (Å²) in [6, 6.07) is 1.44. The highest BCUT2D eigenvalue weighted by atomic mass is 19.1. The van der Waals surface area contributed by atoms with Crippen molar-refractivity contribution in [2.45, 2.75) is 12.6 Å². The Balaban J connectivity index is 2.41. The standard InChI is InChI=1S/C12H15F2N3O2/c13-8-3-7(5-15)4-9(14)11(8)17-1-2-19-6-10(17)12(16)18/h3-4,10H,1-2,5-6,15H2,(H2,16,18). The summed E-state index contributed by atoms with van der Waals surface area (Å²) >= 11 is 0. The number of primary amides is 1. The fraction of sp³-hybridized carbons (Fsp3) is 0.417. The molecule has 1 amide bonds. The topological polar surface area (TPSA) is 81.6 Å². The first-order chi connectivity index (χ1) is 9.04. The summed E-state index contributed by atoms with van der Waals surface area (Å²) in [5, 5.41) is 0. The van der Waals surface area contributed by atoms with Gasteiger partial charge in [-0.3, -0.25) is 4.79 Å². The molecule has 1 aromatic rings. The van der Waals surface area contributed by atoms with Crippen molar-refractivity contribution in [3.05, 3.63) is 29.3 Å². The molecule has 7 heteroatoms. The third-order valence-electron chi connectivity index (χ3n) is 3.06. The number of morpholine rings is 1. The van der Waals surface area contributed by atoms with Crippen LogP contribution in [-0.2, 0) is 16.1 Å². The van der Waals surface area contributed by atoms with Gasteiger partial charge >= 0.3 is 0 Å². The molecule has 1 aliphatic rings. The maximum atomic E-state index is 14.0. The second-order valence-corrected chi connectivity index (χ2v) is 4.30. The Morgan fingerprint density at radius 2 is 2.05 bits per heavy atom. The zero-order chi connectivity index (χ0) is 14.0. The number of rotatable bonds is 3. The number of hydrogen-bond donors (Lipinski definition) is 2. The van der Waals surface area contributed by atoms with Crippen molar-refractivity contribution in [3.63, 3.8) is 0 Å². The predicted octanol–water partition coefficient (Wildman–Crippen LogP) is 0.114. The number of nitrogens with two attached hydrogens (primary N) is 2. The summed E-state index contributed by atoms with van der Waals surface area (Å²) < 4.78 is 33.1. The van der Waals surface area contributed by atoms with Gasteiger partial charge in [-0.25, -0.2) is 8.78 Å². The van der Waals surface area contributed by atoms with E-state index in [0.29, 0.717) is 5.56 Å². The van der Waals surface area contributed by atoms with Crippen LogP contribution in [0.4, 0.5) is 14.5 Å². The van der Waals surface area contributed by atoms with E-state index in [4.69, 9.17) is 16.2 Å². The van der Waals surface area contributed by atoms with Crippen LogP contribution in [0.3, 0.4) is 0 Å². The Labute approximate surface area is 109 Å². The molecule has 0 bridgehead atoms. The molecule has 2 rings (SSSR count). The van der Waals surface area contributed by atoms with Crippen LogP contribution in [0.5, 0.6) is 0 Å². The van der Waals surface area contributed by atoms with E-state index >= 15 is 0 Å². The molecule has 1 heterocycles. The van der Waals surface area contributed by atoms with E-state index in [-0.39, 0.29) is 32.0 Å². The van der Waals surface area contributed by atoms with Gasteiger partial charge in [0.25, 0.3) is 0 Å². The van der Waals surface area contributed by atoms with E-state index in [1.54, 1.807) is 0 Å². The lowest BCUT2D eigenvalue weighted by atomic mass is 10.1. The van der Waals surface area contributed by atoms with Gasteiger partial charge in [0.05, 0.1) is 13.2 Å². The molecular weight excluding hydrogens is 256 g/mol. The van der Waals surface area contributed by atoms with Gasteiger partial charge in [-0.15, -0.1) is 0 Å². The van der Waals surface area contributed by atoms with Crippen molar-refractivity contribution in [1.29, 1.82) is 0 Å². The highest BCUT2D eigenvalue weighted by Gasteiger charge is 2.31. The molecule has 1 unspecified atom stereocenters. The number of ether oxygens (including phenoxy) is 1. The third kappa shape index (κ3) is 2.66. The van der Waals surface area contributed by atoms with Crippen molar-refractivity contribution >= 4 is 11.6 Å². The van der Waals surface area contributed by atoms with Crippen LogP contribution >= 0.6 is 0 Å². The predicted molar refractivity (Wildman–Crippen MR) is 65.4 cm³/mol. The molecule has 4 N–H and O–H groups in total. The zero-order valence-corrected chi connectivity index (χ0v) is 10.2. The largest absolute Gasteiger partial charge is 0.377 e. The molecule has 0 saturated carbocycles. The molecule has 104 valence electrons. The molecule has 1 saturated heterocycles. The van der Waals surface area contributed by atoms with E-state index in [1.807, 2.05) is 0 Å². The first-order valence-electron chi connectivity index (χ1n) is 5.86. The Morgan fingerprint density at radius 1 is 1.42 bits per heavy atom. The van der Waals surface area contributed by atoms with Crippen LogP contribution in [0.25, 0.3) is 0 Å². The average molecular weight is 271 g/mol. The van der Waals surface area contributed by atoms with Crippen LogP contribution < -0.4 is 16.4 Å². The lowest BCUT2D eigenvalue weighted by molar-refractivity contribution is -0.121. The highest BCUT2D eigenvalue weighted by molar-refractivity contribution is 5.84. The van der Waals surface area contributed by atoms with Crippen molar-refractivity contribution < 1.29 is 18.3 Å². The van der Waals surface area contributed by atoms with E-state index in [1.165, 1.54) is 4.90 Å². The summed E-state index contributed by atoms with van der Waals surface area (Å²) in [4.78, 5) is 12.6. The molecule has 1 aromatic carbocycles. The van der Waals surface area contributed by atoms with Crippen molar-refractivity contribution in [2.75, 3.05) is 24.7 Å². The summed E-state index contributed by atoms with van der Waals surface area (Å²) in [5.74, 6) is -2.19. The Morgan fingerprint density at radius 3 is 2.58 bits per heavy atom. The molecule has 19 heavy (non-hydrogen) atoms. The number of benzene rings is 1. The van der Waals surface area contributed by atoms with Crippen LogP contribution in [0.2, 0.25) is 0 Å². The van der Waals surface area contributed by atoms with Crippen LogP contribution in [0.15, 0.2) is 12.1 Å². The van der Waals surface area contributed by atoms with Crippen molar-refractivity contribution in [3.8, 4) is 0 Å². The van der Waals surface area contributed by atoms with Gasteiger partial charge < -0.3 is 21.1 Å². The minimum Gasteiger partial charge on any atom is -0.377 e. The minimum atomic E-state index is -0.874. The number of hydrogen-bond acceptors (Lipinski definition) is 4. The molecule has 0 aromatic heterocycles. The second-order valence-electron chi connectivity index (χ2n) is 4.30. The number of nitrogens with zero attached hydrogens (tertiary/aromatic N) is 1. The third-order valence-corrected chi connectivity index (χ3v) is 3.06. The number of carbonyl (C=O) groups excluding carboxylic acids is 1. The number of amides is 1. The monoisotopic (exact) mass is 271 g/mol. The van der Waals surface area contributed by atoms with E-state index in [9.17, 15) is 13.6 Å². The number of anilines is 1. The van der Waals surface area contributed by atoms with Gasteiger partial charge in [-0.2, -0.15) is 0 Å². The normalized spacial score (nSPS) is 19.5. The lowest BCUT2D eigenvalue weighted by Gasteiger charge is -2.35. The molecule has 5 nitrogen and oxygen atoms in total. The van der Waals surface area contributed by atoms with Gasteiger partial charge in [0, 0.05) is 13.1 Å². The Hall–Kier alpha value is -1.73. The fourth-order valence-electron chi connectivity index (χ4n) is 2.12. The molecule has 0 radical (unpaired) electrons. The minimum absolute atomic E-state index is 0.0207. The smallest absolute Gasteiger partial charge is 0.242 e. The maximum Gasteiger partial charge on any atom is 0.242 e. The SMILES string of the molecule is NCc1cc(F)c(N2CCOCC2C(N)=O)c(F)c1. The Bertz CT molecular complexity index is 473. The molecule has 1 aliphatic heterocycles. The van der Waals surface area contributed by atoms with E-state index in [0.717, 1.165) is 12.1 Å². The first-order valence-corrected chi connectivity index (χ1v) is 5.86. The molecule has 0 spiro atoms. The summed E-state index contributed by atoms with van der Waals surface area (Å²) in [5.41, 5.74) is 10.7. The summed E-state index contributed by atoms with van der Waals surface area (Å²) in [6.07, 6.45) is 0. The van der Waals surface area contributed by atoms with Gasteiger partial charge in [0.15, 0.2) is 0 Å². The molecule has 0 aliphatic carbocycles. The van der Waals surface area contributed by atoms with Crippen LogP contribution in [0, 0.1) is 11.6 Å². The summed E-state index contributed by atoms with van der Waals surface area (Å²) in [7, 11) is 0. The van der Waals surface area contributed by atoms with Gasteiger partial charge in [0.2, 0.25) is 5.91 Å². The second kappa shape index (κ2) is 5.50. The molecule has 1 atom stereocenters. The fourth-order valence-corrected chi connectivity index (χ4v) is 2.12. The Kier molecular flexibility index (Phi) is 3.96. The quantitative estimate of drug-likeness (QED) is 0.817. The number of halogens is 2. The van der Waals surface area contributed by atoms with Gasteiger partial charge in [0.1, 0.15) is 23.4 Å². The molecule has 1 fully saturated rings. The molecular formula is C12H15F2N3O2. The first kappa shape index (κ1) is 13.7. The van der Waals surface area contributed by atoms with Crippen LogP contribution in [0.1, 0.15) is 5.56 Å².